The van der Waals surface area contributed by atoms with E-state index in [0.29, 0.717) is 29.4 Å². The minimum absolute atomic E-state index is 0.0365. The number of carbonyl (C=O) groups excluding carboxylic acids is 3. The van der Waals surface area contributed by atoms with Crippen LogP contribution in [-0.4, -0.2) is 55.9 Å². The van der Waals surface area contributed by atoms with E-state index in [4.69, 9.17) is 4.74 Å². The van der Waals surface area contributed by atoms with Crippen LogP contribution < -0.4 is 20.3 Å². The Bertz CT molecular complexity index is 931. The predicted octanol–water partition coefficient (Wildman–Crippen LogP) is 2.33. The normalized spacial score (nSPS) is 12.9. The number of ether oxygens (including phenoxy) is 1. The summed E-state index contributed by atoms with van der Waals surface area (Å²) in [6.45, 7) is 2.61. The predicted molar refractivity (Wildman–Crippen MR) is 116 cm³/mol. The van der Waals surface area contributed by atoms with Gasteiger partial charge in [0.2, 0.25) is 17.7 Å². The monoisotopic (exact) mass is 410 g/mol. The molecule has 2 aromatic rings. The van der Waals surface area contributed by atoms with Gasteiger partial charge in [-0.15, -0.1) is 0 Å². The lowest BCUT2D eigenvalue weighted by molar-refractivity contribution is -0.123. The van der Waals surface area contributed by atoms with Crippen LogP contribution in [0.25, 0.3) is 0 Å². The first kappa shape index (κ1) is 21.3. The third-order valence-electron chi connectivity index (χ3n) is 4.72. The van der Waals surface area contributed by atoms with Crippen molar-refractivity contribution < 1.29 is 19.1 Å². The van der Waals surface area contributed by atoms with Gasteiger partial charge in [0.15, 0.2) is 0 Å². The number of methoxy groups -OCH3 is 1. The van der Waals surface area contributed by atoms with Crippen LogP contribution in [0.4, 0.5) is 17.1 Å². The Kier molecular flexibility index (Phi) is 7.03. The highest BCUT2D eigenvalue weighted by Crippen LogP contribution is 2.29. The summed E-state index contributed by atoms with van der Waals surface area (Å²) < 4.78 is 5.26. The summed E-state index contributed by atoms with van der Waals surface area (Å²) in [6, 6.07) is 14.3. The van der Waals surface area contributed by atoms with E-state index in [-0.39, 0.29) is 37.4 Å². The molecule has 0 unspecified atom stereocenters. The summed E-state index contributed by atoms with van der Waals surface area (Å²) >= 11 is 0. The van der Waals surface area contributed by atoms with Crippen molar-refractivity contribution in [1.29, 1.82) is 0 Å². The maximum absolute atomic E-state index is 13.0. The molecule has 1 aliphatic rings. The van der Waals surface area contributed by atoms with Crippen LogP contribution in [0.1, 0.15) is 13.3 Å². The number of carbonyl (C=O) groups is 3. The van der Waals surface area contributed by atoms with Crippen LogP contribution in [-0.2, 0) is 14.4 Å². The third kappa shape index (κ3) is 5.15. The van der Waals surface area contributed by atoms with Crippen LogP contribution >= 0.6 is 0 Å². The second kappa shape index (κ2) is 9.89. The lowest BCUT2D eigenvalue weighted by Gasteiger charge is -2.31. The molecule has 1 aliphatic heterocycles. The van der Waals surface area contributed by atoms with Gasteiger partial charge in [-0.1, -0.05) is 31.2 Å². The molecular weight excluding hydrogens is 384 g/mol. The number of anilines is 3. The highest BCUT2D eigenvalue weighted by molar-refractivity contribution is 6.10. The lowest BCUT2D eigenvalue weighted by atomic mass is 10.2. The van der Waals surface area contributed by atoms with Crippen molar-refractivity contribution in [3.63, 3.8) is 0 Å². The fourth-order valence-electron chi connectivity index (χ4n) is 3.40. The fourth-order valence-corrected chi connectivity index (χ4v) is 3.40. The number of fused-ring (bicyclic) bond motifs is 1. The minimum atomic E-state index is -0.238. The Labute approximate surface area is 175 Å². The van der Waals surface area contributed by atoms with Crippen LogP contribution in [0.5, 0.6) is 5.75 Å². The van der Waals surface area contributed by atoms with Gasteiger partial charge in [0.1, 0.15) is 12.3 Å². The molecule has 0 fully saturated rings. The molecule has 158 valence electrons. The topological polar surface area (TPSA) is 91.0 Å². The van der Waals surface area contributed by atoms with Gasteiger partial charge in [0, 0.05) is 0 Å². The molecule has 0 spiro atoms. The number of nitrogens with zero attached hydrogens (tertiary/aromatic N) is 2. The Morgan fingerprint density at radius 3 is 2.63 bits per heavy atom. The summed E-state index contributed by atoms with van der Waals surface area (Å²) in [6.07, 6.45) is 0.784. The van der Waals surface area contributed by atoms with Crippen molar-refractivity contribution in [3.8, 4) is 5.75 Å². The van der Waals surface area contributed by atoms with Gasteiger partial charge in [0.05, 0.1) is 37.3 Å². The second-order valence-corrected chi connectivity index (χ2v) is 7.00. The molecule has 30 heavy (non-hydrogen) atoms. The molecule has 8 heteroatoms. The molecule has 8 nitrogen and oxygen atoms in total. The van der Waals surface area contributed by atoms with E-state index in [1.807, 2.05) is 25.1 Å². The summed E-state index contributed by atoms with van der Waals surface area (Å²) in [5, 5.41) is 5.60. The van der Waals surface area contributed by atoms with Crippen LogP contribution in [0, 0.1) is 0 Å². The summed E-state index contributed by atoms with van der Waals surface area (Å²) in [5.74, 6) is -0.133. The first-order valence-electron chi connectivity index (χ1n) is 9.86. The summed E-state index contributed by atoms with van der Waals surface area (Å²) in [7, 11) is 1.54. The van der Waals surface area contributed by atoms with E-state index in [1.165, 1.54) is 4.90 Å². The van der Waals surface area contributed by atoms with E-state index in [9.17, 15) is 14.4 Å². The molecule has 0 atom stereocenters. The van der Waals surface area contributed by atoms with Crippen molar-refractivity contribution in [3.05, 3.63) is 48.5 Å². The molecule has 0 aromatic heterocycles. The number of nitrogens with one attached hydrogen (secondary N) is 2. The number of rotatable bonds is 8. The molecule has 1 heterocycles. The molecule has 0 saturated carbocycles. The standard InChI is InChI=1S/C22H26N4O4/c1-3-12-25(13-20(27)24-17-9-5-7-11-19(17)30-2)15-22(29)26-14-21(28)23-16-8-4-6-10-18(16)26/h4-11H,3,12-15H2,1-2H3,(H,23,28)(H,24,27). The number of benzene rings is 2. The lowest BCUT2D eigenvalue weighted by Crippen LogP contribution is -2.48. The molecule has 3 rings (SSSR count). The molecule has 2 N–H and O–H groups in total. The quantitative estimate of drug-likeness (QED) is 0.697. The Morgan fingerprint density at radius 2 is 1.87 bits per heavy atom. The van der Waals surface area contributed by atoms with E-state index < -0.39 is 0 Å². The van der Waals surface area contributed by atoms with Gasteiger partial charge in [-0.2, -0.15) is 0 Å². The van der Waals surface area contributed by atoms with Crippen LogP contribution in [0.3, 0.4) is 0 Å². The molecule has 0 radical (unpaired) electrons. The number of hydrogen-bond acceptors (Lipinski definition) is 5. The van der Waals surface area contributed by atoms with E-state index >= 15 is 0 Å². The first-order chi connectivity index (χ1) is 14.5. The summed E-state index contributed by atoms with van der Waals surface area (Å²) in [5.41, 5.74) is 1.85. The number of hydrogen-bond donors (Lipinski definition) is 2. The highest BCUT2D eigenvalue weighted by atomic mass is 16.5. The summed E-state index contributed by atoms with van der Waals surface area (Å²) in [4.78, 5) is 40.8. The Hall–Kier alpha value is -3.39. The maximum atomic E-state index is 13.0. The van der Waals surface area contributed by atoms with Crippen molar-refractivity contribution in [1.82, 2.24) is 4.90 Å². The van der Waals surface area contributed by atoms with E-state index in [1.54, 1.807) is 42.3 Å². The Morgan fingerprint density at radius 1 is 1.13 bits per heavy atom. The fraction of sp³-hybridized carbons (Fsp3) is 0.318. The average molecular weight is 410 g/mol. The molecular formula is C22H26N4O4. The van der Waals surface area contributed by atoms with E-state index in [2.05, 4.69) is 10.6 Å². The van der Waals surface area contributed by atoms with Gasteiger partial charge in [-0.05, 0) is 37.2 Å². The van der Waals surface area contributed by atoms with Crippen molar-refractivity contribution >= 4 is 34.8 Å². The van der Waals surface area contributed by atoms with Gasteiger partial charge >= 0.3 is 0 Å². The van der Waals surface area contributed by atoms with Gasteiger partial charge in [-0.25, -0.2) is 0 Å². The zero-order chi connectivity index (χ0) is 21.5. The molecule has 2 aromatic carbocycles. The number of para-hydroxylation sites is 4. The molecule has 0 aliphatic carbocycles. The maximum Gasteiger partial charge on any atom is 0.244 e. The highest BCUT2D eigenvalue weighted by Gasteiger charge is 2.28. The van der Waals surface area contributed by atoms with Crippen molar-refractivity contribution in [2.75, 3.05) is 48.8 Å². The molecule has 0 saturated heterocycles. The smallest absolute Gasteiger partial charge is 0.244 e. The first-order valence-corrected chi connectivity index (χ1v) is 9.86. The minimum Gasteiger partial charge on any atom is -0.495 e. The van der Waals surface area contributed by atoms with Crippen LogP contribution in [0.15, 0.2) is 48.5 Å². The van der Waals surface area contributed by atoms with Gasteiger partial charge in [0.25, 0.3) is 0 Å². The SMILES string of the molecule is CCCN(CC(=O)Nc1ccccc1OC)CC(=O)N1CC(=O)Nc2ccccc21. The Balaban J connectivity index is 1.67. The third-order valence-corrected chi connectivity index (χ3v) is 4.72. The van der Waals surface area contributed by atoms with E-state index in [0.717, 1.165) is 6.42 Å². The van der Waals surface area contributed by atoms with Crippen molar-refractivity contribution in [2.24, 2.45) is 0 Å². The van der Waals surface area contributed by atoms with Crippen LogP contribution in [0.2, 0.25) is 0 Å². The average Bonchev–Trinajstić information content (AvgIpc) is 2.73. The molecule has 3 amide bonds. The zero-order valence-corrected chi connectivity index (χ0v) is 17.2. The second-order valence-electron chi connectivity index (χ2n) is 7.00. The zero-order valence-electron chi connectivity index (χ0n) is 17.2. The van der Waals surface area contributed by atoms with Crippen molar-refractivity contribution in [2.45, 2.75) is 13.3 Å². The van der Waals surface area contributed by atoms with Gasteiger partial charge < -0.3 is 15.4 Å². The van der Waals surface area contributed by atoms with Gasteiger partial charge in [-0.3, -0.25) is 24.2 Å². The molecule has 0 bridgehead atoms. The number of amides is 3. The largest absolute Gasteiger partial charge is 0.495 e.